The van der Waals surface area contributed by atoms with Crippen LogP contribution in [0.1, 0.15) is 48.2 Å². The maximum atomic E-state index is 13.5. The van der Waals surface area contributed by atoms with Gasteiger partial charge in [-0.05, 0) is 60.6 Å². The van der Waals surface area contributed by atoms with Crippen LogP contribution in [0.25, 0.3) is 0 Å². The number of ketones is 1. The van der Waals surface area contributed by atoms with Crippen molar-refractivity contribution >= 4 is 44.6 Å². The number of nitrogens with zero attached hydrogens (tertiary/aromatic N) is 3. The number of amidine groups is 1. The zero-order valence-corrected chi connectivity index (χ0v) is 24.8. The van der Waals surface area contributed by atoms with Gasteiger partial charge in [-0.3, -0.25) is 24.3 Å². The van der Waals surface area contributed by atoms with E-state index < -0.39 is 10.0 Å². The zero-order chi connectivity index (χ0) is 29.7. The SMILES string of the molecule is COc1c(NC(=O)c2ccc(C)c(N3C=C(C4CN=C(C(C)=O)N4C)NN3)c2)cc(C2(C)CC2)cc1NS(C)(=O)=O. The van der Waals surface area contributed by atoms with Gasteiger partial charge in [-0.1, -0.05) is 13.0 Å². The zero-order valence-electron chi connectivity index (χ0n) is 24.0. The van der Waals surface area contributed by atoms with Gasteiger partial charge in [-0.25, -0.2) is 8.42 Å². The molecule has 1 saturated carbocycles. The predicted octanol–water partition coefficient (Wildman–Crippen LogP) is 2.65. The van der Waals surface area contributed by atoms with Crippen molar-refractivity contribution in [3.8, 4) is 5.75 Å². The number of amides is 1. The van der Waals surface area contributed by atoms with E-state index in [1.165, 1.54) is 14.0 Å². The molecule has 218 valence electrons. The summed E-state index contributed by atoms with van der Waals surface area (Å²) in [5, 5.41) is 4.72. The summed E-state index contributed by atoms with van der Waals surface area (Å²) in [4.78, 5) is 31.6. The third kappa shape index (κ3) is 5.72. The van der Waals surface area contributed by atoms with E-state index in [1.807, 2.05) is 37.2 Å². The van der Waals surface area contributed by atoms with Crippen molar-refractivity contribution in [2.75, 3.05) is 42.0 Å². The van der Waals surface area contributed by atoms with E-state index in [0.29, 0.717) is 23.6 Å². The lowest BCUT2D eigenvalue weighted by Crippen LogP contribution is -2.43. The molecule has 2 aliphatic heterocycles. The Hall–Kier alpha value is -4.10. The van der Waals surface area contributed by atoms with Gasteiger partial charge in [0.25, 0.3) is 5.91 Å². The molecule has 4 N–H and O–H groups in total. The number of carbonyl (C=O) groups excluding carboxylic acids is 2. The first-order valence-electron chi connectivity index (χ1n) is 13.2. The number of benzene rings is 2. The van der Waals surface area contributed by atoms with E-state index in [-0.39, 0.29) is 34.6 Å². The number of hydrogen-bond donors (Lipinski definition) is 4. The summed E-state index contributed by atoms with van der Waals surface area (Å²) in [6.07, 6.45) is 4.90. The van der Waals surface area contributed by atoms with Gasteiger partial charge in [0.1, 0.15) is 0 Å². The largest absolute Gasteiger partial charge is 0.492 e. The maximum Gasteiger partial charge on any atom is 0.255 e. The Bertz CT molecular complexity index is 1600. The quantitative estimate of drug-likeness (QED) is 0.351. The summed E-state index contributed by atoms with van der Waals surface area (Å²) in [6, 6.07) is 8.85. The molecule has 0 radical (unpaired) electrons. The fourth-order valence-electron chi connectivity index (χ4n) is 5.10. The molecule has 3 aliphatic rings. The molecule has 5 rings (SSSR count). The summed E-state index contributed by atoms with van der Waals surface area (Å²) >= 11 is 0. The van der Waals surface area contributed by atoms with Gasteiger partial charge in [0.2, 0.25) is 10.0 Å². The first-order valence-corrected chi connectivity index (χ1v) is 15.1. The van der Waals surface area contributed by atoms with Crippen LogP contribution in [-0.2, 0) is 20.2 Å². The number of hydrazine groups is 2. The standard InChI is InChI=1S/C28H35N7O5S/c1-16-7-8-18(11-23(16)35-15-22(31-33-35)24-14-29-26(17(2)36)34(24)4)27(37)30-20-12-19(28(3)9-10-28)13-21(25(20)40-5)32-41(6,38)39/h7-8,11-13,15,24,31-33H,9-10,14H2,1-6H3,(H,30,37). The maximum absolute atomic E-state index is 13.5. The first-order chi connectivity index (χ1) is 19.3. The number of carbonyl (C=O) groups is 2. The Balaban J connectivity index is 1.41. The Labute approximate surface area is 239 Å². The fraction of sp³-hybridized carbons (Fsp3) is 0.393. The highest BCUT2D eigenvalue weighted by atomic mass is 32.2. The summed E-state index contributed by atoms with van der Waals surface area (Å²) in [5.41, 5.74) is 10.7. The number of likely N-dealkylation sites (N-methyl/N-ethyl adjacent to an activating group) is 1. The molecule has 1 amide bonds. The van der Waals surface area contributed by atoms with Gasteiger partial charge in [-0.15, -0.1) is 5.53 Å². The van der Waals surface area contributed by atoms with Crippen LogP contribution in [0.4, 0.5) is 17.1 Å². The normalized spacial score (nSPS) is 19.3. The molecule has 1 unspecified atom stereocenters. The van der Waals surface area contributed by atoms with Crippen LogP contribution in [0.3, 0.4) is 0 Å². The number of hydrogen-bond acceptors (Lipinski definition) is 10. The van der Waals surface area contributed by atoms with Crippen LogP contribution >= 0.6 is 0 Å². The second-order valence-electron chi connectivity index (χ2n) is 11.0. The molecule has 0 saturated heterocycles. The molecule has 0 aromatic heterocycles. The van der Waals surface area contributed by atoms with Crippen molar-refractivity contribution in [2.45, 2.75) is 45.1 Å². The number of aryl methyl sites for hydroxylation is 1. The molecular weight excluding hydrogens is 546 g/mol. The number of anilines is 3. The summed E-state index contributed by atoms with van der Waals surface area (Å²) in [7, 11) is -0.314. The average Bonchev–Trinajstić information content (AvgIpc) is 3.28. The van der Waals surface area contributed by atoms with Crippen LogP contribution in [0.5, 0.6) is 5.75 Å². The lowest BCUT2D eigenvalue weighted by molar-refractivity contribution is -0.111. The van der Waals surface area contributed by atoms with E-state index >= 15 is 0 Å². The Morgan fingerprint density at radius 3 is 2.49 bits per heavy atom. The van der Waals surface area contributed by atoms with E-state index in [9.17, 15) is 18.0 Å². The Kier molecular flexibility index (Phi) is 7.20. The number of aliphatic imine (C=N–C) groups is 1. The van der Waals surface area contributed by atoms with Gasteiger partial charge in [0.15, 0.2) is 17.4 Å². The Morgan fingerprint density at radius 2 is 1.88 bits per heavy atom. The van der Waals surface area contributed by atoms with E-state index in [2.05, 4.69) is 32.9 Å². The topological polar surface area (TPSA) is 144 Å². The third-order valence-corrected chi connectivity index (χ3v) is 8.33. The molecule has 41 heavy (non-hydrogen) atoms. The molecule has 1 fully saturated rings. The second-order valence-corrected chi connectivity index (χ2v) is 12.8. The summed E-state index contributed by atoms with van der Waals surface area (Å²) < 4.78 is 32.2. The number of sulfonamides is 1. The minimum atomic E-state index is -3.58. The smallest absolute Gasteiger partial charge is 0.255 e. The van der Waals surface area contributed by atoms with Crippen molar-refractivity contribution < 1.29 is 22.7 Å². The molecule has 12 nitrogen and oxygen atoms in total. The van der Waals surface area contributed by atoms with Crippen LogP contribution in [0.15, 0.2) is 47.2 Å². The van der Waals surface area contributed by atoms with Crippen molar-refractivity contribution in [1.29, 1.82) is 0 Å². The van der Waals surface area contributed by atoms with Gasteiger partial charge >= 0.3 is 0 Å². The highest BCUT2D eigenvalue weighted by Gasteiger charge is 2.40. The van der Waals surface area contributed by atoms with E-state index in [4.69, 9.17) is 4.74 Å². The van der Waals surface area contributed by atoms with Gasteiger partial charge < -0.3 is 20.4 Å². The minimum Gasteiger partial charge on any atom is -0.492 e. The van der Waals surface area contributed by atoms with Crippen LogP contribution in [0, 0.1) is 6.92 Å². The van der Waals surface area contributed by atoms with Crippen LogP contribution in [-0.4, -0.2) is 63.8 Å². The number of rotatable bonds is 9. The number of nitrogens with one attached hydrogen (secondary N) is 4. The molecule has 2 aromatic carbocycles. The lowest BCUT2D eigenvalue weighted by atomic mass is 9.96. The van der Waals surface area contributed by atoms with Gasteiger partial charge in [0, 0.05) is 25.7 Å². The fourth-order valence-corrected chi connectivity index (χ4v) is 5.65. The molecule has 0 bridgehead atoms. The second kappa shape index (κ2) is 10.4. The van der Waals surface area contributed by atoms with Crippen molar-refractivity contribution in [3.05, 3.63) is 58.9 Å². The predicted molar refractivity (Wildman–Crippen MR) is 159 cm³/mol. The van der Waals surface area contributed by atoms with Gasteiger partial charge in [0.05, 0.1) is 48.7 Å². The molecule has 1 atom stereocenters. The molecular formula is C28H35N7O5S. The number of Topliss-reactive ketones (excluding diaryl/α,β-unsaturated/α-hetero) is 1. The minimum absolute atomic E-state index is 0.0828. The summed E-state index contributed by atoms with van der Waals surface area (Å²) in [6.45, 7) is 6.00. The number of ether oxygens (including phenoxy) is 1. The molecule has 2 aromatic rings. The molecule has 2 heterocycles. The van der Waals surface area contributed by atoms with Crippen LogP contribution < -0.4 is 30.7 Å². The molecule has 13 heteroatoms. The summed E-state index contributed by atoms with van der Waals surface area (Å²) in [5.74, 6) is 0.214. The van der Waals surface area contributed by atoms with Crippen molar-refractivity contribution in [2.24, 2.45) is 4.99 Å². The Morgan fingerprint density at radius 1 is 1.17 bits per heavy atom. The van der Waals surface area contributed by atoms with E-state index in [0.717, 1.165) is 41.6 Å². The van der Waals surface area contributed by atoms with Crippen LogP contribution in [0.2, 0.25) is 0 Å². The first kappa shape index (κ1) is 28.4. The highest BCUT2D eigenvalue weighted by Crippen LogP contribution is 2.50. The number of methoxy groups -OCH3 is 1. The van der Waals surface area contributed by atoms with E-state index in [1.54, 1.807) is 23.2 Å². The van der Waals surface area contributed by atoms with Crippen molar-refractivity contribution in [1.82, 2.24) is 15.9 Å². The van der Waals surface area contributed by atoms with Gasteiger partial charge in [-0.2, -0.15) is 0 Å². The molecule has 1 aliphatic carbocycles. The third-order valence-electron chi connectivity index (χ3n) is 7.74. The highest BCUT2D eigenvalue weighted by molar-refractivity contribution is 7.92. The molecule has 0 spiro atoms. The average molecular weight is 582 g/mol. The monoisotopic (exact) mass is 581 g/mol. The van der Waals surface area contributed by atoms with Crippen molar-refractivity contribution in [3.63, 3.8) is 0 Å². The lowest BCUT2D eigenvalue weighted by Gasteiger charge is -2.22.